The van der Waals surface area contributed by atoms with Crippen LogP contribution in [-0.2, 0) is 16.0 Å². The fourth-order valence-electron chi connectivity index (χ4n) is 4.63. The molecule has 4 rings (SSSR count). The van der Waals surface area contributed by atoms with Crippen molar-refractivity contribution in [3.05, 3.63) is 41.9 Å². The summed E-state index contributed by atoms with van der Waals surface area (Å²) < 4.78 is 18.8. The van der Waals surface area contributed by atoms with Crippen molar-refractivity contribution in [1.29, 1.82) is 0 Å². The van der Waals surface area contributed by atoms with Crippen LogP contribution in [0, 0.1) is 11.2 Å². The van der Waals surface area contributed by atoms with Gasteiger partial charge in [-0.1, -0.05) is 18.0 Å². The SMILES string of the molecule is CC(=O)N1CCC(Cc2cc(-c3ccc(F)cc3)no2)(C(=O)NC2CCCC2)CC1. The molecule has 0 spiro atoms. The van der Waals surface area contributed by atoms with Crippen LogP contribution in [0.3, 0.4) is 0 Å². The first kappa shape index (κ1) is 20.6. The van der Waals surface area contributed by atoms with Crippen molar-refractivity contribution in [1.82, 2.24) is 15.4 Å². The van der Waals surface area contributed by atoms with E-state index < -0.39 is 5.41 Å². The number of amides is 2. The Labute approximate surface area is 175 Å². The summed E-state index contributed by atoms with van der Waals surface area (Å²) in [7, 11) is 0. The lowest BCUT2D eigenvalue weighted by Gasteiger charge is -2.40. The molecule has 6 nitrogen and oxygen atoms in total. The Hall–Kier alpha value is -2.70. The van der Waals surface area contributed by atoms with Gasteiger partial charge in [0.2, 0.25) is 11.8 Å². The summed E-state index contributed by atoms with van der Waals surface area (Å²) in [4.78, 5) is 26.9. The Morgan fingerprint density at radius 1 is 1.20 bits per heavy atom. The molecule has 2 aliphatic rings. The monoisotopic (exact) mass is 413 g/mol. The minimum Gasteiger partial charge on any atom is -0.361 e. The summed E-state index contributed by atoms with van der Waals surface area (Å²) in [6, 6.07) is 8.16. The average Bonchev–Trinajstić information content (AvgIpc) is 3.41. The Bertz CT molecular complexity index is 895. The molecule has 2 aromatic rings. The molecule has 30 heavy (non-hydrogen) atoms. The van der Waals surface area contributed by atoms with E-state index in [1.807, 2.05) is 6.07 Å². The molecule has 1 aromatic carbocycles. The van der Waals surface area contributed by atoms with Gasteiger partial charge < -0.3 is 14.7 Å². The summed E-state index contributed by atoms with van der Waals surface area (Å²) in [5.74, 6) is 0.421. The third-order valence-corrected chi connectivity index (χ3v) is 6.55. The number of nitrogens with zero attached hydrogens (tertiary/aromatic N) is 2. The number of benzene rings is 1. The van der Waals surface area contributed by atoms with E-state index in [2.05, 4.69) is 10.5 Å². The van der Waals surface area contributed by atoms with Gasteiger partial charge in [0, 0.05) is 44.1 Å². The van der Waals surface area contributed by atoms with Crippen LogP contribution in [0.1, 0.15) is 51.2 Å². The van der Waals surface area contributed by atoms with Crippen LogP contribution in [0.5, 0.6) is 0 Å². The van der Waals surface area contributed by atoms with Crippen molar-refractivity contribution < 1.29 is 18.5 Å². The topological polar surface area (TPSA) is 75.4 Å². The predicted octanol–water partition coefficient (Wildman–Crippen LogP) is 3.71. The van der Waals surface area contributed by atoms with Crippen molar-refractivity contribution in [2.24, 2.45) is 5.41 Å². The van der Waals surface area contributed by atoms with Gasteiger partial charge in [-0.15, -0.1) is 0 Å². The number of carbonyl (C=O) groups is 2. The van der Waals surface area contributed by atoms with Gasteiger partial charge in [0.1, 0.15) is 17.3 Å². The number of aromatic nitrogens is 1. The van der Waals surface area contributed by atoms with Crippen LogP contribution in [-0.4, -0.2) is 41.0 Å². The van der Waals surface area contributed by atoms with Crippen LogP contribution in [0.2, 0.25) is 0 Å². The number of hydrogen-bond acceptors (Lipinski definition) is 4. The first-order chi connectivity index (χ1) is 14.4. The van der Waals surface area contributed by atoms with E-state index in [-0.39, 0.29) is 23.7 Å². The van der Waals surface area contributed by atoms with Crippen LogP contribution in [0.15, 0.2) is 34.9 Å². The highest BCUT2D eigenvalue weighted by atomic mass is 19.1. The van der Waals surface area contributed by atoms with Gasteiger partial charge >= 0.3 is 0 Å². The van der Waals surface area contributed by atoms with Crippen LogP contribution < -0.4 is 5.32 Å². The number of halogens is 1. The Balaban J connectivity index is 1.53. The first-order valence-electron chi connectivity index (χ1n) is 10.7. The number of rotatable bonds is 5. The Morgan fingerprint density at radius 2 is 1.87 bits per heavy atom. The molecular weight excluding hydrogens is 385 g/mol. The van der Waals surface area contributed by atoms with Crippen molar-refractivity contribution >= 4 is 11.8 Å². The standard InChI is InChI=1S/C23H28FN3O3/c1-16(28)27-12-10-23(11-13-27,22(29)25-19-4-2-3-5-19)15-20-14-21(26-30-20)17-6-8-18(24)9-7-17/h6-9,14,19H,2-5,10-13,15H2,1H3,(H,25,29). The van der Waals surface area contributed by atoms with E-state index in [1.54, 1.807) is 24.0 Å². The zero-order valence-electron chi connectivity index (χ0n) is 17.3. The fourth-order valence-corrected chi connectivity index (χ4v) is 4.63. The van der Waals surface area contributed by atoms with E-state index in [1.165, 1.54) is 12.1 Å². The van der Waals surface area contributed by atoms with Gasteiger partial charge in [0.05, 0.1) is 5.41 Å². The third kappa shape index (κ3) is 4.40. The zero-order chi connectivity index (χ0) is 21.1. The van der Waals surface area contributed by atoms with Crippen LogP contribution >= 0.6 is 0 Å². The third-order valence-electron chi connectivity index (χ3n) is 6.55. The maximum Gasteiger partial charge on any atom is 0.227 e. The van der Waals surface area contributed by atoms with Gasteiger partial charge in [-0.05, 0) is 49.9 Å². The van der Waals surface area contributed by atoms with Gasteiger partial charge in [0.15, 0.2) is 0 Å². The molecule has 1 aliphatic carbocycles. The van der Waals surface area contributed by atoms with Crippen LogP contribution in [0.25, 0.3) is 11.3 Å². The fraction of sp³-hybridized carbons (Fsp3) is 0.522. The molecule has 1 aromatic heterocycles. The molecule has 1 saturated carbocycles. The molecule has 1 saturated heterocycles. The van der Waals surface area contributed by atoms with Gasteiger partial charge in [-0.2, -0.15) is 0 Å². The highest BCUT2D eigenvalue weighted by molar-refractivity contribution is 5.84. The highest BCUT2D eigenvalue weighted by Crippen LogP contribution is 2.37. The molecule has 160 valence electrons. The molecule has 0 unspecified atom stereocenters. The summed E-state index contributed by atoms with van der Waals surface area (Å²) in [5.41, 5.74) is 0.772. The zero-order valence-corrected chi connectivity index (χ0v) is 17.3. The van der Waals surface area contributed by atoms with Crippen LogP contribution in [0.4, 0.5) is 4.39 Å². The number of likely N-dealkylation sites (tertiary alicyclic amines) is 1. The molecule has 0 atom stereocenters. The van der Waals surface area contributed by atoms with Gasteiger partial charge in [-0.3, -0.25) is 9.59 Å². The largest absolute Gasteiger partial charge is 0.361 e. The maximum atomic E-state index is 13.4. The minimum absolute atomic E-state index is 0.0399. The summed E-state index contributed by atoms with van der Waals surface area (Å²) in [5, 5.41) is 7.38. The van der Waals surface area contributed by atoms with E-state index in [0.717, 1.165) is 31.2 Å². The predicted molar refractivity (Wildman–Crippen MR) is 110 cm³/mol. The second kappa shape index (κ2) is 8.58. The number of piperidine rings is 1. The Morgan fingerprint density at radius 3 is 2.50 bits per heavy atom. The molecular formula is C23H28FN3O3. The molecule has 2 amide bonds. The molecule has 7 heteroatoms. The summed E-state index contributed by atoms with van der Waals surface area (Å²) in [6.45, 7) is 2.69. The number of hydrogen-bond donors (Lipinski definition) is 1. The second-order valence-corrected chi connectivity index (χ2v) is 8.60. The average molecular weight is 413 g/mol. The lowest BCUT2D eigenvalue weighted by Crippen LogP contribution is -2.52. The maximum absolute atomic E-state index is 13.4. The minimum atomic E-state index is -0.617. The second-order valence-electron chi connectivity index (χ2n) is 8.60. The van der Waals surface area contributed by atoms with Crippen molar-refractivity contribution in [3.8, 4) is 11.3 Å². The number of carbonyl (C=O) groups excluding carboxylic acids is 2. The number of nitrogens with one attached hydrogen (secondary N) is 1. The molecule has 0 bridgehead atoms. The highest BCUT2D eigenvalue weighted by Gasteiger charge is 2.43. The van der Waals surface area contributed by atoms with Crippen molar-refractivity contribution in [3.63, 3.8) is 0 Å². The first-order valence-corrected chi connectivity index (χ1v) is 10.7. The van der Waals surface area contributed by atoms with Gasteiger partial charge in [-0.25, -0.2) is 4.39 Å². The van der Waals surface area contributed by atoms with Gasteiger partial charge in [0.25, 0.3) is 0 Å². The molecule has 2 fully saturated rings. The smallest absolute Gasteiger partial charge is 0.227 e. The normalized spacial score (nSPS) is 19.1. The molecule has 1 aliphatic heterocycles. The molecule has 2 heterocycles. The molecule has 1 N–H and O–H groups in total. The van der Waals surface area contributed by atoms with E-state index in [4.69, 9.17) is 4.52 Å². The van der Waals surface area contributed by atoms with E-state index in [9.17, 15) is 14.0 Å². The van der Waals surface area contributed by atoms with Crippen molar-refractivity contribution in [2.75, 3.05) is 13.1 Å². The Kier molecular flexibility index (Phi) is 5.88. The lowest BCUT2D eigenvalue weighted by molar-refractivity contribution is -0.140. The summed E-state index contributed by atoms with van der Waals surface area (Å²) >= 11 is 0. The van der Waals surface area contributed by atoms with E-state index in [0.29, 0.717) is 43.8 Å². The van der Waals surface area contributed by atoms with E-state index >= 15 is 0 Å². The quantitative estimate of drug-likeness (QED) is 0.811. The lowest BCUT2D eigenvalue weighted by atomic mass is 9.73. The van der Waals surface area contributed by atoms with Crippen molar-refractivity contribution in [2.45, 2.75) is 57.9 Å². The molecule has 0 radical (unpaired) electrons. The summed E-state index contributed by atoms with van der Waals surface area (Å²) in [6.07, 6.45) is 5.98.